The van der Waals surface area contributed by atoms with Gasteiger partial charge in [0.1, 0.15) is 29.4 Å². The highest BCUT2D eigenvalue weighted by Gasteiger charge is 2.30. The smallest absolute Gasteiger partial charge is 0.427 e. The van der Waals surface area contributed by atoms with E-state index >= 15 is 0 Å². The standard InChI is InChI=1S/C22H29F3N6O3/c1-21(2,3)33-20(32)34-31-9-7-15(8-10-31)13-30(4)19-11-18(27-14-28-19)29-17-6-5-16(12-26-17)22(23,24)25/h5-6,11-12,14-15H,7-10,13H2,1-4H3,(H,26,27,28,29). The molecule has 0 amide bonds. The third-order valence-electron chi connectivity index (χ3n) is 5.09. The van der Waals surface area contributed by atoms with Gasteiger partial charge >= 0.3 is 12.3 Å². The van der Waals surface area contributed by atoms with Crippen molar-refractivity contribution in [2.45, 2.75) is 45.4 Å². The summed E-state index contributed by atoms with van der Waals surface area (Å²) in [6, 6.07) is 3.92. The number of nitrogens with zero attached hydrogens (tertiary/aromatic N) is 5. The van der Waals surface area contributed by atoms with Crippen molar-refractivity contribution in [1.82, 2.24) is 20.0 Å². The van der Waals surface area contributed by atoms with Crippen molar-refractivity contribution >= 4 is 23.6 Å². The third kappa shape index (κ3) is 7.72. The molecule has 1 fully saturated rings. The summed E-state index contributed by atoms with van der Waals surface area (Å²) in [5.74, 6) is 1.70. The van der Waals surface area contributed by atoms with Crippen LogP contribution in [0.5, 0.6) is 0 Å². The van der Waals surface area contributed by atoms with E-state index in [-0.39, 0.29) is 5.82 Å². The van der Waals surface area contributed by atoms with Crippen molar-refractivity contribution in [2.75, 3.05) is 36.9 Å². The van der Waals surface area contributed by atoms with Gasteiger partial charge in [0.05, 0.1) is 5.56 Å². The van der Waals surface area contributed by atoms with Crippen LogP contribution in [0.2, 0.25) is 0 Å². The van der Waals surface area contributed by atoms with Gasteiger partial charge in [0.15, 0.2) is 0 Å². The molecule has 0 unspecified atom stereocenters. The minimum atomic E-state index is -4.44. The number of aromatic nitrogens is 3. The summed E-state index contributed by atoms with van der Waals surface area (Å²) in [4.78, 5) is 31.3. The summed E-state index contributed by atoms with van der Waals surface area (Å²) in [7, 11) is 1.91. The largest absolute Gasteiger partial charge is 0.528 e. The van der Waals surface area contributed by atoms with Crippen molar-refractivity contribution in [3.8, 4) is 0 Å². The van der Waals surface area contributed by atoms with E-state index in [1.165, 1.54) is 12.4 Å². The van der Waals surface area contributed by atoms with E-state index in [0.29, 0.717) is 30.6 Å². The van der Waals surface area contributed by atoms with E-state index in [1.807, 2.05) is 11.9 Å². The molecule has 2 aromatic heterocycles. The highest BCUT2D eigenvalue weighted by atomic mass is 19.4. The predicted octanol–water partition coefficient (Wildman–Crippen LogP) is 4.65. The SMILES string of the molecule is CN(CC1CCN(OC(=O)OC(C)(C)C)CC1)c1cc(Nc2ccc(C(F)(F)F)cn2)ncn1. The number of nitrogens with one attached hydrogen (secondary N) is 1. The molecule has 3 rings (SSSR count). The van der Waals surface area contributed by atoms with Crippen LogP contribution in [0.3, 0.4) is 0 Å². The number of rotatable bonds is 6. The molecule has 2 aromatic rings. The molecule has 0 aliphatic carbocycles. The number of alkyl halides is 3. The Bertz CT molecular complexity index is 958. The van der Waals surface area contributed by atoms with Gasteiger partial charge in [-0.05, 0) is 51.7 Å². The van der Waals surface area contributed by atoms with Crippen molar-refractivity contribution in [3.05, 3.63) is 36.3 Å². The zero-order chi connectivity index (χ0) is 24.9. The third-order valence-corrected chi connectivity index (χ3v) is 5.09. The molecule has 9 nitrogen and oxygen atoms in total. The molecule has 1 saturated heterocycles. The lowest BCUT2D eigenvalue weighted by molar-refractivity contribution is -0.155. The van der Waals surface area contributed by atoms with Crippen LogP contribution in [0.4, 0.5) is 35.4 Å². The molecule has 0 saturated carbocycles. The second kappa shape index (κ2) is 10.4. The first-order valence-corrected chi connectivity index (χ1v) is 10.9. The Balaban J connectivity index is 1.50. The van der Waals surface area contributed by atoms with E-state index in [9.17, 15) is 18.0 Å². The van der Waals surface area contributed by atoms with Crippen molar-refractivity contribution < 1.29 is 27.5 Å². The summed E-state index contributed by atoms with van der Waals surface area (Å²) in [5.41, 5.74) is -1.42. The normalized spacial score (nSPS) is 15.6. The summed E-state index contributed by atoms with van der Waals surface area (Å²) in [5, 5.41) is 4.52. The molecule has 12 heteroatoms. The van der Waals surface area contributed by atoms with E-state index in [0.717, 1.165) is 31.6 Å². The summed E-state index contributed by atoms with van der Waals surface area (Å²) >= 11 is 0. The number of carbonyl (C=O) groups excluding carboxylic acids is 1. The van der Waals surface area contributed by atoms with Crippen molar-refractivity contribution in [1.29, 1.82) is 0 Å². The molecule has 0 aromatic carbocycles. The molecule has 0 bridgehead atoms. The Kier molecular flexibility index (Phi) is 7.80. The molecule has 186 valence electrons. The van der Waals surface area contributed by atoms with Gasteiger partial charge in [-0.3, -0.25) is 0 Å². The number of anilines is 3. The zero-order valence-electron chi connectivity index (χ0n) is 19.6. The van der Waals surface area contributed by atoms with Crippen LogP contribution in [0.15, 0.2) is 30.7 Å². The van der Waals surface area contributed by atoms with E-state index < -0.39 is 23.5 Å². The number of ether oxygens (including phenoxy) is 1. The molecule has 0 atom stereocenters. The maximum Gasteiger partial charge on any atom is 0.528 e. The number of carbonyl (C=O) groups is 1. The fraction of sp³-hybridized carbons (Fsp3) is 0.545. The minimum Gasteiger partial charge on any atom is -0.427 e. The Labute approximate surface area is 196 Å². The molecule has 1 aliphatic heterocycles. The first-order chi connectivity index (χ1) is 15.9. The fourth-order valence-electron chi connectivity index (χ4n) is 3.43. The Hall–Kier alpha value is -3.15. The first kappa shape index (κ1) is 25.5. The number of piperidine rings is 1. The van der Waals surface area contributed by atoms with Crippen molar-refractivity contribution in [3.63, 3.8) is 0 Å². The van der Waals surface area contributed by atoms with E-state index in [1.54, 1.807) is 31.9 Å². The van der Waals surface area contributed by atoms with Gasteiger partial charge in [-0.2, -0.15) is 13.2 Å². The number of hydroxylamine groups is 2. The lowest BCUT2D eigenvalue weighted by Crippen LogP contribution is -2.40. The second-order valence-electron chi connectivity index (χ2n) is 9.12. The molecular formula is C22H29F3N6O3. The summed E-state index contributed by atoms with van der Waals surface area (Å²) in [6.07, 6.45) is -1.32. The number of hydrogen-bond donors (Lipinski definition) is 1. The first-order valence-electron chi connectivity index (χ1n) is 10.9. The maximum absolute atomic E-state index is 12.7. The number of hydrogen-bond acceptors (Lipinski definition) is 9. The van der Waals surface area contributed by atoms with Gasteiger partial charge < -0.3 is 19.8 Å². The number of halogens is 3. The quantitative estimate of drug-likeness (QED) is 0.591. The average Bonchev–Trinajstić information content (AvgIpc) is 2.74. The molecular weight excluding hydrogens is 453 g/mol. The van der Waals surface area contributed by atoms with Crippen LogP contribution in [0.25, 0.3) is 0 Å². The highest BCUT2D eigenvalue weighted by molar-refractivity contribution is 5.60. The minimum absolute atomic E-state index is 0.248. The van der Waals surface area contributed by atoms with Gasteiger partial charge in [0.25, 0.3) is 0 Å². The molecule has 0 radical (unpaired) electrons. The summed E-state index contributed by atoms with van der Waals surface area (Å²) < 4.78 is 43.3. The maximum atomic E-state index is 12.7. The molecule has 1 N–H and O–H groups in total. The van der Waals surface area contributed by atoms with Crippen LogP contribution in [-0.2, 0) is 15.8 Å². The summed E-state index contributed by atoms with van der Waals surface area (Å²) in [6.45, 7) is 7.29. The van der Waals surface area contributed by atoms with Gasteiger partial charge in [-0.25, -0.2) is 19.7 Å². The van der Waals surface area contributed by atoms with Crippen LogP contribution in [0.1, 0.15) is 39.2 Å². The Morgan fingerprint density at radius 1 is 1.15 bits per heavy atom. The lowest BCUT2D eigenvalue weighted by Gasteiger charge is -2.33. The van der Waals surface area contributed by atoms with E-state index in [4.69, 9.17) is 9.57 Å². The van der Waals surface area contributed by atoms with Gasteiger partial charge in [-0.1, -0.05) is 0 Å². The molecule has 3 heterocycles. The van der Waals surface area contributed by atoms with Gasteiger partial charge in [0.2, 0.25) is 0 Å². The van der Waals surface area contributed by atoms with Gasteiger partial charge in [-0.15, -0.1) is 5.06 Å². The van der Waals surface area contributed by atoms with Crippen LogP contribution >= 0.6 is 0 Å². The lowest BCUT2D eigenvalue weighted by atomic mass is 9.97. The molecule has 1 aliphatic rings. The topological polar surface area (TPSA) is 92.7 Å². The van der Waals surface area contributed by atoms with Crippen molar-refractivity contribution in [2.24, 2.45) is 5.92 Å². The van der Waals surface area contributed by atoms with Crippen LogP contribution in [-0.4, -0.2) is 58.5 Å². The number of pyridine rings is 1. The highest BCUT2D eigenvalue weighted by Crippen LogP contribution is 2.29. The van der Waals surface area contributed by atoms with E-state index in [2.05, 4.69) is 20.3 Å². The van der Waals surface area contributed by atoms with Crippen LogP contribution in [0, 0.1) is 5.92 Å². The predicted molar refractivity (Wildman–Crippen MR) is 119 cm³/mol. The Morgan fingerprint density at radius 2 is 1.85 bits per heavy atom. The van der Waals surface area contributed by atoms with Gasteiger partial charge in [0, 0.05) is 38.9 Å². The zero-order valence-corrected chi connectivity index (χ0v) is 19.6. The second-order valence-corrected chi connectivity index (χ2v) is 9.12. The molecule has 34 heavy (non-hydrogen) atoms. The fourth-order valence-corrected chi connectivity index (χ4v) is 3.43. The Morgan fingerprint density at radius 3 is 2.44 bits per heavy atom. The molecule has 0 spiro atoms. The average molecular weight is 483 g/mol. The monoisotopic (exact) mass is 482 g/mol. The van der Waals surface area contributed by atoms with Crippen LogP contribution < -0.4 is 10.2 Å².